The van der Waals surface area contributed by atoms with E-state index in [4.69, 9.17) is 10.5 Å². The second kappa shape index (κ2) is 6.51. The lowest BCUT2D eigenvalue weighted by Gasteiger charge is -2.13. The fourth-order valence-electron chi connectivity index (χ4n) is 1.40. The molecule has 1 aromatic carbocycles. The lowest BCUT2D eigenvalue weighted by molar-refractivity contribution is 0.385. The minimum Gasteiger partial charge on any atom is -0.494 e. The van der Waals surface area contributed by atoms with Crippen LogP contribution in [0.1, 0.15) is 24.9 Å². The van der Waals surface area contributed by atoms with E-state index in [0.29, 0.717) is 6.42 Å². The van der Waals surface area contributed by atoms with E-state index in [9.17, 15) is 4.39 Å². The molecule has 0 radical (unpaired) electrons. The Hall–Kier alpha value is -1.06. The molecule has 0 heterocycles. The minimum atomic E-state index is -0.372. The zero-order valence-electron chi connectivity index (χ0n) is 9.50. The van der Waals surface area contributed by atoms with Gasteiger partial charge in [-0.3, -0.25) is 0 Å². The van der Waals surface area contributed by atoms with Crippen molar-refractivity contribution in [1.82, 2.24) is 0 Å². The van der Waals surface area contributed by atoms with Crippen LogP contribution < -0.4 is 10.5 Å². The summed E-state index contributed by atoms with van der Waals surface area (Å²) in [6.45, 7) is 5.71. The number of nitrogens with two attached hydrogens (primary N) is 1. The van der Waals surface area contributed by atoms with Crippen molar-refractivity contribution in [3.63, 3.8) is 0 Å². The van der Waals surface area contributed by atoms with Crippen molar-refractivity contribution in [3.8, 4) is 5.75 Å². The fourth-order valence-corrected chi connectivity index (χ4v) is 1.40. The molecule has 0 amide bonds. The fraction of sp³-hybridized carbons (Fsp3) is 0.333. The molecule has 2 nitrogen and oxygen atoms in total. The van der Waals surface area contributed by atoms with Crippen LogP contribution >= 0.6 is 12.4 Å². The monoisotopic (exact) mass is 245 g/mol. The number of ether oxygens (including phenoxy) is 1. The summed E-state index contributed by atoms with van der Waals surface area (Å²) < 4.78 is 18.0. The Labute approximate surface area is 102 Å². The zero-order chi connectivity index (χ0) is 11.4. The predicted octanol–water partition coefficient (Wildman–Crippen LogP) is 3.22. The molecule has 0 aliphatic carbocycles. The van der Waals surface area contributed by atoms with Crippen molar-refractivity contribution in [3.05, 3.63) is 41.7 Å². The molecule has 1 aromatic rings. The minimum absolute atomic E-state index is 0. The van der Waals surface area contributed by atoms with Crippen LogP contribution in [0.2, 0.25) is 0 Å². The summed E-state index contributed by atoms with van der Waals surface area (Å²) in [6, 6.07) is 4.51. The van der Waals surface area contributed by atoms with Gasteiger partial charge < -0.3 is 10.5 Å². The van der Waals surface area contributed by atoms with Gasteiger partial charge in [-0.1, -0.05) is 11.6 Å². The third kappa shape index (κ3) is 3.83. The van der Waals surface area contributed by atoms with Crippen molar-refractivity contribution in [1.29, 1.82) is 0 Å². The number of benzene rings is 1. The second-order valence-corrected chi connectivity index (χ2v) is 3.66. The number of hydrogen-bond acceptors (Lipinski definition) is 2. The zero-order valence-corrected chi connectivity index (χ0v) is 10.3. The van der Waals surface area contributed by atoms with Crippen molar-refractivity contribution < 1.29 is 9.13 Å². The van der Waals surface area contributed by atoms with Crippen LogP contribution in [0.4, 0.5) is 4.39 Å². The Morgan fingerprint density at radius 3 is 2.69 bits per heavy atom. The summed E-state index contributed by atoms with van der Waals surface area (Å²) in [4.78, 5) is 0. The first-order chi connectivity index (χ1) is 7.04. The highest BCUT2D eigenvalue weighted by atomic mass is 35.5. The summed E-state index contributed by atoms with van der Waals surface area (Å²) in [6.07, 6.45) is 0.689. The lowest BCUT2D eigenvalue weighted by Crippen LogP contribution is -2.10. The highest BCUT2D eigenvalue weighted by molar-refractivity contribution is 5.85. The Kier molecular flexibility index (Phi) is 6.08. The van der Waals surface area contributed by atoms with Gasteiger partial charge in [0.05, 0.1) is 7.11 Å². The van der Waals surface area contributed by atoms with Gasteiger partial charge in [-0.15, -0.1) is 19.0 Å². The first kappa shape index (κ1) is 14.9. The average molecular weight is 246 g/mol. The quantitative estimate of drug-likeness (QED) is 0.827. The molecule has 0 aliphatic heterocycles. The van der Waals surface area contributed by atoms with E-state index in [1.807, 2.05) is 6.92 Å². The van der Waals surface area contributed by atoms with Gasteiger partial charge in [-0.05, 0) is 31.0 Å². The van der Waals surface area contributed by atoms with Crippen LogP contribution in [-0.4, -0.2) is 7.11 Å². The molecule has 0 saturated heterocycles. The summed E-state index contributed by atoms with van der Waals surface area (Å²) in [5, 5.41) is 0. The topological polar surface area (TPSA) is 35.2 Å². The van der Waals surface area contributed by atoms with E-state index in [2.05, 4.69) is 6.58 Å². The maximum atomic E-state index is 13.1. The normalized spacial score (nSPS) is 11.5. The van der Waals surface area contributed by atoms with Gasteiger partial charge in [-0.25, -0.2) is 4.39 Å². The maximum absolute atomic E-state index is 13.1. The highest BCUT2D eigenvalue weighted by Crippen LogP contribution is 2.24. The molecule has 0 spiro atoms. The van der Waals surface area contributed by atoms with E-state index < -0.39 is 0 Å². The lowest BCUT2D eigenvalue weighted by atomic mass is 10.0. The van der Waals surface area contributed by atoms with Gasteiger partial charge in [-0.2, -0.15) is 0 Å². The highest BCUT2D eigenvalue weighted by Gasteiger charge is 2.09. The SMILES string of the molecule is C=C(C)C[C@H](N)c1ccc(F)c(OC)c1.Cl. The van der Waals surface area contributed by atoms with Crippen LogP contribution in [0, 0.1) is 5.82 Å². The van der Waals surface area contributed by atoms with Gasteiger partial charge in [0.2, 0.25) is 0 Å². The first-order valence-corrected chi connectivity index (χ1v) is 4.78. The molecule has 0 aromatic heterocycles. The number of halogens is 2. The molecule has 90 valence electrons. The van der Waals surface area contributed by atoms with E-state index in [-0.39, 0.29) is 30.0 Å². The predicted molar refractivity (Wildman–Crippen MR) is 66.6 cm³/mol. The molecular formula is C12H17ClFNO. The Morgan fingerprint density at radius 2 is 2.19 bits per heavy atom. The molecule has 2 N–H and O–H groups in total. The van der Waals surface area contributed by atoms with E-state index in [1.54, 1.807) is 12.1 Å². The van der Waals surface area contributed by atoms with E-state index in [0.717, 1.165) is 11.1 Å². The third-order valence-corrected chi connectivity index (χ3v) is 2.17. The second-order valence-electron chi connectivity index (χ2n) is 3.66. The van der Waals surface area contributed by atoms with Crippen LogP contribution in [0.3, 0.4) is 0 Å². The Bertz CT molecular complexity index is 368. The number of methoxy groups -OCH3 is 1. The third-order valence-electron chi connectivity index (χ3n) is 2.17. The van der Waals surface area contributed by atoms with E-state index >= 15 is 0 Å². The molecule has 0 saturated carbocycles. The summed E-state index contributed by atoms with van der Waals surface area (Å²) in [5.41, 5.74) is 7.79. The van der Waals surface area contributed by atoms with Crippen LogP contribution in [-0.2, 0) is 0 Å². The van der Waals surface area contributed by atoms with Crippen LogP contribution in [0.15, 0.2) is 30.4 Å². The number of hydrogen-bond donors (Lipinski definition) is 1. The molecule has 0 aliphatic rings. The van der Waals surface area contributed by atoms with Crippen molar-refractivity contribution >= 4 is 12.4 Å². The largest absolute Gasteiger partial charge is 0.494 e. The van der Waals surface area contributed by atoms with Gasteiger partial charge in [0.15, 0.2) is 11.6 Å². The molecular weight excluding hydrogens is 229 g/mol. The van der Waals surface area contributed by atoms with Gasteiger partial charge >= 0.3 is 0 Å². The Balaban J connectivity index is 0.00000225. The van der Waals surface area contributed by atoms with Gasteiger partial charge in [0.25, 0.3) is 0 Å². The van der Waals surface area contributed by atoms with Crippen LogP contribution in [0.5, 0.6) is 5.75 Å². The smallest absolute Gasteiger partial charge is 0.165 e. The summed E-state index contributed by atoms with van der Waals surface area (Å²) >= 11 is 0. The molecule has 0 fully saturated rings. The number of rotatable bonds is 4. The summed E-state index contributed by atoms with van der Waals surface area (Å²) in [7, 11) is 1.44. The Morgan fingerprint density at radius 1 is 1.56 bits per heavy atom. The molecule has 0 unspecified atom stereocenters. The van der Waals surface area contributed by atoms with Crippen molar-refractivity contribution in [2.24, 2.45) is 5.73 Å². The van der Waals surface area contributed by atoms with Gasteiger partial charge in [0, 0.05) is 6.04 Å². The molecule has 0 bridgehead atoms. The van der Waals surface area contributed by atoms with E-state index in [1.165, 1.54) is 13.2 Å². The molecule has 1 atom stereocenters. The maximum Gasteiger partial charge on any atom is 0.165 e. The standard InChI is InChI=1S/C12H16FNO.ClH/c1-8(2)6-11(14)9-4-5-10(13)12(7-9)15-3;/h4-5,7,11H,1,6,14H2,2-3H3;1H/t11-;/m0./s1. The molecule has 4 heteroatoms. The van der Waals surface area contributed by atoms with Crippen molar-refractivity contribution in [2.45, 2.75) is 19.4 Å². The average Bonchev–Trinajstić information content (AvgIpc) is 2.17. The summed E-state index contributed by atoms with van der Waals surface area (Å²) in [5.74, 6) is -0.145. The first-order valence-electron chi connectivity index (χ1n) is 4.78. The molecule has 16 heavy (non-hydrogen) atoms. The van der Waals surface area contributed by atoms with Crippen molar-refractivity contribution in [2.75, 3.05) is 7.11 Å². The van der Waals surface area contributed by atoms with Crippen LogP contribution in [0.25, 0.3) is 0 Å². The molecule has 1 rings (SSSR count). The van der Waals surface area contributed by atoms with Gasteiger partial charge in [0.1, 0.15) is 0 Å².